The molecule has 0 aromatic carbocycles. The van der Waals surface area contributed by atoms with Crippen LogP contribution in [0.2, 0.25) is 0 Å². The first-order valence-electron chi connectivity index (χ1n) is 8.99. The highest BCUT2D eigenvalue weighted by Gasteiger charge is 2.30. The molecule has 0 amide bonds. The number of nitrogens with two attached hydrogens (primary N) is 1. The van der Waals surface area contributed by atoms with Crippen molar-refractivity contribution < 1.29 is 0 Å². The number of piperidine rings is 1. The van der Waals surface area contributed by atoms with Crippen LogP contribution in [0.4, 0.5) is 0 Å². The van der Waals surface area contributed by atoms with Crippen LogP contribution in [-0.2, 0) is 0 Å². The lowest BCUT2D eigenvalue weighted by atomic mass is 9.88. The molecule has 3 N–H and O–H groups in total. The van der Waals surface area contributed by atoms with Gasteiger partial charge in [-0.05, 0) is 50.2 Å². The maximum Gasteiger partial charge on any atom is 0.188 e. The topological polar surface area (TPSA) is 53.6 Å². The van der Waals surface area contributed by atoms with Crippen molar-refractivity contribution >= 4 is 41.3 Å². The maximum atomic E-state index is 6.03. The molecule has 2 unspecified atom stereocenters. The van der Waals surface area contributed by atoms with Crippen LogP contribution in [0, 0.1) is 5.92 Å². The van der Waals surface area contributed by atoms with Gasteiger partial charge in [-0.25, -0.2) is 0 Å². The Hall–Kier alpha value is -0.340. The first-order chi connectivity index (χ1) is 11.2. The number of halogens is 1. The largest absolute Gasteiger partial charge is 0.370 e. The van der Waals surface area contributed by atoms with Gasteiger partial charge in [-0.1, -0.05) is 32.3 Å². The minimum Gasteiger partial charge on any atom is -0.370 e. The van der Waals surface area contributed by atoms with E-state index in [0.717, 1.165) is 13.1 Å². The average Bonchev–Trinajstić information content (AvgIpc) is 3.06. The van der Waals surface area contributed by atoms with Gasteiger partial charge in [0, 0.05) is 24.0 Å². The number of aliphatic imine (C=N–C) groups is 1. The number of rotatable bonds is 8. The third-order valence-electron chi connectivity index (χ3n) is 4.67. The Kier molecular flexibility index (Phi) is 10.9. The van der Waals surface area contributed by atoms with Crippen molar-refractivity contribution in [1.82, 2.24) is 10.2 Å². The Morgan fingerprint density at radius 1 is 1.42 bits per heavy atom. The van der Waals surface area contributed by atoms with Gasteiger partial charge in [0.15, 0.2) is 5.96 Å². The van der Waals surface area contributed by atoms with E-state index in [1.54, 1.807) is 0 Å². The van der Waals surface area contributed by atoms with E-state index in [9.17, 15) is 0 Å². The molecule has 138 valence electrons. The minimum atomic E-state index is 0. The van der Waals surface area contributed by atoms with Crippen LogP contribution in [0.25, 0.3) is 0 Å². The number of unbranched alkanes of at least 4 members (excludes halogenated alkanes) is 3. The Morgan fingerprint density at radius 2 is 2.25 bits per heavy atom. The summed E-state index contributed by atoms with van der Waals surface area (Å²) in [5.74, 6) is 1.17. The van der Waals surface area contributed by atoms with Gasteiger partial charge in [-0.2, -0.15) is 0 Å². The lowest BCUT2D eigenvalue weighted by Gasteiger charge is -2.38. The molecule has 0 bridgehead atoms. The third kappa shape index (κ3) is 6.88. The van der Waals surface area contributed by atoms with Crippen LogP contribution in [-0.4, -0.2) is 37.5 Å². The first kappa shape index (κ1) is 21.7. The Morgan fingerprint density at radius 3 is 2.96 bits per heavy atom. The summed E-state index contributed by atoms with van der Waals surface area (Å²) >= 11 is 1.86. The van der Waals surface area contributed by atoms with Crippen LogP contribution in [0.1, 0.15) is 56.4 Å². The smallest absolute Gasteiger partial charge is 0.188 e. The second-order valence-corrected chi connectivity index (χ2v) is 7.54. The number of hydrogen-bond donors (Lipinski definition) is 2. The van der Waals surface area contributed by atoms with Crippen molar-refractivity contribution in [3.05, 3.63) is 22.4 Å². The van der Waals surface area contributed by atoms with Crippen LogP contribution >= 0.6 is 35.3 Å². The van der Waals surface area contributed by atoms with Crippen LogP contribution in [0.3, 0.4) is 0 Å². The Balaban J connectivity index is 0.00000288. The molecule has 1 aliphatic heterocycles. The van der Waals surface area contributed by atoms with E-state index in [1.165, 1.54) is 49.9 Å². The number of guanidine groups is 1. The molecule has 0 aliphatic carbocycles. The maximum absolute atomic E-state index is 6.03. The molecule has 6 heteroatoms. The van der Waals surface area contributed by atoms with Gasteiger partial charge in [-0.3, -0.25) is 9.89 Å². The van der Waals surface area contributed by atoms with Gasteiger partial charge in [0.05, 0.1) is 0 Å². The molecule has 0 radical (unpaired) electrons. The highest BCUT2D eigenvalue weighted by atomic mass is 127. The fourth-order valence-corrected chi connectivity index (χ4v) is 4.38. The van der Waals surface area contributed by atoms with Crippen molar-refractivity contribution in [2.24, 2.45) is 16.6 Å². The zero-order valence-electron chi connectivity index (χ0n) is 15.0. The van der Waals surface area contributed by atoms with Crippen LogP contribution in [0.15, 0.2) is 22.5 Å². The summed E-state index contributed by atoms with van der Waals surface area (Å²) in [6.45, 7) is 5.16. The molecule has 1 aromatic rings. The predicted octanol–water partition coefficient (Wildman–Crippen LogP) is 4.23. The molecule has 0 spiro atoms. The fourth-order valence-electron chi connectivity index (χ4n) is 3.40. The molecular weight excluding hydrogens is 431 g/mol. The second-order valence-electron chi connectivity index (χ2n) is 6.56. The Labute approximate surface area is 168 Å². The van der Waals surface area contributed by atoms with Gasteiger partial charge in [0.25, 0.3) is 0 Å². The van der Waals surface area contributed by atoms with Crippen LogP contribution in [0.5, 0.6) is 0 Å². The van der Waals surface area contributed by atoms with E-state index in [1.807, 2.05) is 11.3 Å². The zero-order valence-corrected chi connectivity index (χ0v) is 18.2. The number of likely N-dealkylation sites (tertiary alicyclic amines) is 1. The predicted molar refractivity (Wildman–Crippen MR) is 116 cm³/mol. The fraction of sp³-hybridized carbons (Fsp3) is 0.722. The van der Waals surface area contributed by atoms with Gasteiger partial charge >= 0.3 is 0 Å². The highest BCUT2D eigenvalue weighted by Crippen LogP contribution is 2.37. The monoisotopic (exact) mass is 464 g/mol. The van der Waals surface area contributed by atoms with Crippen LogP contribution < -0.4 is 11.1 Å². The molecular formula is C18H33IN4S. The summed E-state index contributed by atoms with van der Waals surface area (Å²) in [5, 5.41) is 5.43. The summed E-state index contributed by atoms with van der Waals surface area (Å²) in [6, 6.07) is 4.89. The lowest BCUT2D eigenvalue weighted by Crippen LogP contribution is -2.38. The summed E-state index contributed by atoms with van der Waals surface area (Å²) in [7, 11) is 2.23. The molecule has 1 fully saturated rings. The zero-order chi connectivity index (χ0) is 16.5. The van der Waals surface area contributed by atoms with Gasteiger partial charge in [-0.15, -0.1) is 35.3 Å². The summed E-state index contributed by atoms with van der Waals surface area (Å²) < 4.78 is 0. The Bertz CT molecular complexity index is 464. The normalized spacial score (nSPS) is 22.2. The van der Waals surface area contributed by atoms with E-state index in [-0.39, 0.29) is 24.0 Å². The van der Waals surface area contributed by atoms with Crippen molar-refractivity contribution in [2.75, 3.05) is 26.7 Å². The molecule has 24 heavy (non-hydrogen) atoms. The molecule has 2 atom stereocenters. The minimum absolute atomic E-state index is 0. The molecule has 0 saturated carbocycles. The van der Waals surface area contributed by atoms with Crippen molar-refractivity contribution in [3.8, 4) is 0 Å². The molecule has 1 aromatic heterocycles. The number of thiophene rings is 1. The number of nitrogens with zero attached hydrogens (tertiary/aromatic N) is 2. The van der Waals surface area contributed by atoms with Crippen molar-refractivity contribution in [2.45, 2.75) is 51.5 Å². The van der Waals surface area contributed by atoms with Gasteiger partial charge < -0.3 is 11.1 Å². The average molecular weight is 464 g/mol. The molecule has 1 saturated heterocycles. The molecule has 2 rings (SSSR count). The van der Waals surface area contributed by atoms with E-state index < -0.39 is 0 Å². The number of nitrogens with one attached hydrogen (secondary N) is 1. The van der Waals surface area contributed by atoms with E-state index >= 15 is 0 Å². The van der Waals surface area contributed by atoms with E-state index in [2.05, 4.69) is 46.7 Å². The quantitative estimate of drug-likeness (QED) is 0.262. The molecule has 4 nitrogen and oxygen atoms in total. The highest BCUT2D eigenvalue weighted by molar-refractivity contribution is 14.0. The summed E-state index contributed by atoms with van der Waals surface area (Å²) in [6.07, 6.45) is 7.50. The van der Waals surface area contributed by atoms with Gasteiger partial charge in [0.1, 0.15) is 0 Å². The van der Waals surface area contributed by atoms with Gasteiger partial charge in [0.2, 0.25) is 0 Å². The summed E-state index contributed by atoms with van der Waals surface area (Å²) in [5.41, 5.74) is 6.03. The van der Waals surface area contributed by atoms with Crippen molar-refractivity contribution in [3.63, 3.8) is 0 Å². The van der Waals surface area contributed by atoms with Crippen molar-refractivity contribution in [1.29, 1.82) is 0 Å². The SMILES string of the molecule is CCCCCCNC(N)=NCC1CCCN(C)C1c1cccs1.I. The molecule has 1 aliphatic rings. The summed E-state index contributed by atoms with van der Waals surface area (Å²) in [4.78, 5) is 8.55. The molecule has 2 heterocycles. The second kappa shape index (κ2) is 12.1. The third-order valence-corrected chi connectivity index (χ3v) is 5.62. The van der Waals surface area contributed by atoms with E-state index in [4.69, 9.17) is 5.73 Å². The number of hydrogen-bond acceptors (Lipinski definition) is 3. The lowest BCUT2D eigenvalue weighted by molar-refractivity contribution is 0.128. The van der Waals surface area contributed by atoms with E-state index in [0.29, 0.717) is 17.9 Å². The first-order valence-corrected chi connectivity index (χ1v) is 9.87. The standard InChI is InChI=1S/C18H32N4S.HI/c1-3-4-5-6-11-20-18(19)21-14-15-9-7-12-22(2)17(15)16-10-8-13-23-16;/h8,10,13,15,17H,3-7,9,11-12,14H2,1-2H3,(H3,19,20,21);1H.